The molecule has 1 aromatic carbocycles. The van der Waals surface area contributed by atoms with Gasteiger partial charge >= 0.3 is 0 Å². The van der Waals surface area contributed by atoms with Crippen LogP contribution in [0, 0.1) is 5.92 Å². The van der Waals surface area contributed by atoms with Crippen LogP contribution in [-0.4, -0.2) is 17.2 Å². The molecule has 192 valence electrons. The molecule has 3 atom stereocenters. The van der Waals surface area contributed by atoms with Crippen LogP contribution in [0.1, 0.15) is 75.2 Å². The first-order chi connectivity index (χ1) is 16.5. The van der Waals surface area contributed by atoms with E-state index in [0.717, 1.165) is 29.7 Å². The third kappa shape index (κ3) is 11.2. The molecule has 2 nitrogen and oxygen atoms in total. The molecule has 0 saturated carbocycles. The lowest BCUT2D eigenvalue weighted by atomic mass is 9.78. The number of nitrogens with zero attached hydrogens (tertiary/aromatic N) is 1. The maximum atomic E-state index is 12.8. The zero-order valence-electron chi connectivity index (χ0n) is 23.3. The predicted molar refractivity (Wildman–Crippen MR) is 161 cm³/mol. The van der Waals surface area contributed by atoms with Crippen LogP contribution in [0.25, 0.3) is 0 Å². The number of amides is 1. The number of allylic oxidation sites excluding steroid dienone is 4. The maximum Gasteiger partial charge on any atom is 0.233 e. The van der Waals surface area contributed by atoms with Crippen molar-refractivity contribution in [2.75, 3.05) is 4.90 Å². The number of carbonyl (C=O) groups excluding carboxylic acids is 1. The van der Waals surface area contributed by atoms with Crippen molar-refractivity contribution in [3.05, 3.63) is 91.6 Å². The van der Waals surface area contributed by atoms with Gasteiger partial charge in [-0.1, -0.05) is 124 Å². The summed E-state index contributed by atoms with van der Waals surface area (Å²) in [6.45, 7) is 29.7. The number of rotatable bonds is 9. The minimum absolute atomic E-state index is 0.00259. The van der Waals surface area contributed by atoms with Gasteiger partial charge in [0, 0.05) is 10.9 Å². The second kappa shape index (κ2) is 23.9. The van der Waals surface area contributed by atoms with Crippen molar-refractivity contribution in [1.29, 1.82) is 0 Å². The van der Waals surface area contributed by atoms with Crippen LogP contribution in [0.2, 0.25) is 0 Å². The monoisotopic (exact) mass is 485 g/mol. The number of benzene rings is 1. The summed E-state index contributed by atoms with van der Waals surface area (Å²) >= 11 is 4.67. The van der Waals surface area contributed by atoms with E-state index in [1.54, 1.807) is 12.2 Å². The zero-order valence-corrected chi connectivity index (χ0v) is 24.2. The van der Waals surface area contributed by atoms with Crippen molar-refractivity contribution in [3.63, 3.8) is 0 Å². The highest BCUT2D eigenvalue weighted by molar-refractivity contribution is 7.81. The standard InChI is InChI=1S/C23H27NOS.4C2H6/c1-5-11-17(4)22-20(15-16-21(26)18(7-3)12-6-2)23(25)24(22)19-13-9-8-10-14-19;4*1-2/h5-14,20-22,26H,2-4,15-16H2,1H3;4*1-2H3/b11-5-,18-12+;;;;. The molecule has 0 spiro atoms. The van der Waals surface area contributed by atoms with Gasteiger partial charge in [0.2, 0.25) is 5.91 Å². The van der Waals surface area contributed by atoms with Crippen LogP contribution in [0.5, 0.6) is 0 Å². The highest BCUT2D eigenvalue weighted by atomic mass is 32.1. The Morgan fingerprint density at radius 1 is 1.03 bits per heavy atom. The third-order valence-electron chi connectivity index (χ3n) is 4.69. The number of hydrogen-bond donors (Lipinski definition) is 1. The van der Waals surface area contributed by atoms with Crippen molar-refractivity contribution in [2.45, 2.75) is 86.4 Å². The molecule has 1 amide bonds. The molecule has 0 N–H and O–H groups in total. The fourth-order valence-electron chi connectivity index (χ4n) is 3.40. The summed E-state index contributed by atoms with van der Waals surface area (Å²) in [6, 6.07) is 9.78. The number of hydrogen-bond acceptors (Lipinski definition) is 2. The Kier molecular flexibility index (Phi) is 25.5. The van der Waals surface area contributed by atoms with Gasteiger partial charge in [-0.15, -0.1) is 0 Å². The molecule has 1 saturated heterocycles. The van der Waals surface area contributed by atoms with Crippen molar-refractivity contribution in [3.8, 4) is 0 Å². The van der Waals surface area contributed by atoms with Crippen LogP contribution < -0.4 is 4.90 Å². The van der Waals surface area contributed by atoms with Gasteiger partial charge in [-0.3, -0.25) is 4.79 Å². The topological polar surface area (TPSA) is 20.3 Å². The molecule has 0 aromatic heterocycles. The number of anilines is 1. The quantitative estimate of drug-likeness (QED) is 0.210. The molecule has 0 bridgehead atoms. The van der Waals surface area contributed by atoms with Crippen molar-refractivity contribution in [2.24, 2.45) is 5.92 Å². The summed E-state index contributed by atoms with van der Waals surface area (Å²) < 4.78 is 0. The number of carbonyl (C=O) groups is 1. The van der Waals surface area contributed by atoms with E-state index in [2.05, 4.69) is 32.4 Å². The maximum absolute atomic E-state index is 12.8. The van der Waals surface area contributed by atoms with E-state index in [1.165, 1.54) is 0 Å². The molecule has 1 aliphatic heterocycles. The van der Waals surface area contributed by atoms with Crippen LogP contribution in [-0.2, 0) is 4.79 Å². The predicted octanol–water partition coefficient (Wildman–Crippen LogP) is 9.63. The molecular formula is C31H51NOS. The van der Waals surface area contributed by atoms with Gasteiger partial charge < -0.3 is 4.90 Å². The van der Waals surface area contributed by atoms with Crippen LogP contribution in [0.15, 0.2) is 91.6 Å². The van der Waals surface area contributed by atoms with Gasteiger partial charge in [0.25, 0.3) is 0 Å². The lowest BCUT2D eigenvalue weighted by Crippen LogP contribution is -2.62. The molecule has 1 heterocycles. The molecule has 0 radical (unpaired) electrons. The summed E-state index contributed by atoms with van der Waals surface area (Å²) in [5.74, 6) is 0.0867. The Bertz CT molecular complexity index is 733. The first kappa shape index (κ1) is 36.3. The first-order valence-corrected chi connectivity index (χ1v) is 13.4. The van der Waals surface area contributed by atoms with Gasteiger partial charge in [0.15, 0.2) is 0 Å². The fraction of sp³-hybridized carbons (Fsp3) is 0.452. The van der Waals surface area contributed by atoms with Gasteiger partial charge in [-0.05, 0) is 43.0 Å². The Balaban J connectivity index is -0.00000108. The van der Waals surface area contributed by atoms with Gasteiger partial charge in [-0.2, -0.15) is 12.6 Å². The van der Waals surface area contributed by atoms with Gasteiger partial charge in [0.05, 0.1) is 12.0 Å². The minimum atomic E-state index is -0.0663. The summed E-state index contributed by atoms with van der Waals surface area (Å²) in [7, 11) is 0. The summed E-state index contributed by atoms with van der Waals surface area (Å²) in [5.41, 5.74) is 2.91. The Hall–Kier alpha value is -2.26. The highest BCUT2D eigenvalue weighted by Crippen LogP contribution is 2.39. The van der Waals surface area contributed by atoms with Crippen molar-refractivity contribution in [1.82, 2.24) is 0 Å². The van der Waals surface area contributed by atoms with Gasteiger partial charge in [-0.25, -0.2) is 0 Å². The van der Waals surface area contributed by atoms with E-state index < -0.39 is 0 Å². The molecule has 0 aliphatic carbocycles. The van der Waals surface area contributed by atoms with Crippen molar-refractivity contribution < 1.29 is 4.79 Å². The minimum Gasteiger partial charge on any atom is -0.304 e. The Morgan fingerprint density at radius 2 is 1.56 bits per heavy atom. The molecule has 2 rings (SSSR count). The average molecular weight is 486 g/mol. The second-order valence-corrected chi connectivity index (χ2v) is 6.99. The van der Waals surface area contributed by atoms with E-state index in [4.69, 9.17) is 0 Å². The molecular weight excluding hydrogens is 434 g/mol. The SMILES string of the molecule is C=C/C=C(\C=C)C(S)CCC1C(=O)N(c2ccccc2)C1C(=C)/C=C\C.CC.CC.CC.CC. The van der Waals surface area contributed by atoms with E-state index in [1.807, 2.05) is 116 Å². The van der Waals surface area contributed by atoms with E-state index in [9.17, 15) is 4.79 Å². The first-order valence-electron chi connectivity index (χ1n) is 12.9. The zero-order chi connectivity index (χ0) is 27.1. The third-order valence-corrected chi connectivity index (χ3v) is 5.25. The number of β-lactam (4-membered cyclic amide) rings is 1. The molecule has 3 unspecified atom stereocenters. The highest BCUT2D eigenvalue weighted by Gasteiger charge is 2.48. The smallest absolute Gasteiger partial charge is 0.233 e. The average Bonchev–Trinajstić information content (AvgIpc) is 2.91. The van der Waals surface area contributed by atoms with Gasteiger partial charge in [0.1, 0.15) is 0 Å². The molecule has 3 heteroatoms. The van der Waals surface area contributed by atoms with E-state index >= 15 is 0 Å². The normalized spacial score (nSPS) is 17.1. The van der Waals surface area contributed by atoms with Crippen molar-refractivity contribution >= 4 is 24.2 Å². The molecule has 1 aromatic rings. The van der Waals surface area contributed by atoms with Crippen LogP contribution in [0.3, 0.4) is 0 Å². The lowest BCUT2D eigenvalue weighted by Gasteiger charge is -2.48. The summed E-state index contributed by atoms with van der Waals surface area (Å²) in [6.07, 6.45) is 11.0. The Labute approximate surface area is 217 Å². The molecule has 1 fully saturated rings. The van der Waals surface area contributed by atoms with Crippen LogP contribution in [0.4, 0.5) is 5.69 Å². The lowest BCUT2D eigenvalue weighted by molar-refractivity contribution is -0.129. The molecule has 34 heavy (non-hydrogen) atoms. The van der Waals surface area contributed by atoms with E-state index in [-0.39, 0.29) is 23.1 Å². The summed E-state index contributed by atoms with van der Waals surface area (Å²) in [5, 5.41) is 0.0414. The molecule has 1 aliphatic rings. The Morgan fingerprint density at radius 3 is 2.00 bits per heavy atom. The summed E-state index contributed by atoms with van der Waals surface area (Å²) in [4.78, 5) is 14.7. The second-order valence-electron chi connectivity index (χ2n) is 6.37. The van der Waals surface area contributed by atoms with Crippen LogP contribution >= 0.6 is 12.6 Å². The number of para-hydroxylation sites is 1. The number of thiol groups is 1. The largest absolute Gasteiger partial charge is 0.304 e. The fourth-order valence-corrected chi connectivity index (χ4v) is 3.74. The van der Waals surface area contributed by atoms with E-state index in [0.29, 0.717) is 0 Å².